The van der Waals surface area contributed by atoms with Crippen LogP contribution in [0, 0.1) is 0 Å². The molecule has 54 valence electrons. The van der Waals surface area contributed by atoms with E-state index in [1.165, 1.54) is 0 Å². The van der Waals surface area contributed by atoms with Crippen LogP contribution in [-0.4, -0.2) is 11.2 Å². The molecule has 1 nitrogen and oxygen atoms in total. The number of rotatable bonds is 4. The molecule has 9 heavy (non-hydrogen) atoms. The Hall–Kier alpha value is -0.300. The van der Waals surface area contributed by atoms with Gasteiger partial charge in [0, 0.05) is 0 Å². The van der Waals surface area contributed by atoms with Gasteiger partial charge in [-0.2, -0.15) is 0 Å². The predicted octanol–water partition coefficient (Wildman–Crippen LogP) is 2.11. The molecule has 0 bridgehead atoms. The maximum atomic E-state index is 9.09. The molecule has 0 aromatic rings. The molecule has 0 rings (SSSR count). The molecule has 0 saturated carbocycles. The summed E-state index contributed by atoms with van der Waals surface area (Å²) in [6.45, 7) is 4.14. The van der Waals surface area contributed by atoms with E-state index in [1.54, 1.807) is 0 Å². The first-order chi connectivity index (χ1) is 4.31. The Morgan fingerprint density at radius 1 is 1.44 bits per heavy atom. The van der Waals surface area contributed by atoms with E-state index in [9.17, 15) is 0 Å². The van der Waals surface area contributed by atoms with Gasteiger partial charge in [-0.3, -0.25) is 0 Å². The van der Waals surface area contributed by atoms with Gasteiger partial charge in [-0.25, -0.2) is 0 Å². The van der Waals surface area contributed by atoms with Crippen molar-refractivity contribution < 1.29 is 5.11 Å². The molecule has 0 radical (unpaired) electrons. The number of aliphatic hydroxyl groups is 1. The van der Waals surface area contributed by atoms with Crippen molar-refractivity contribution in [2.75, 3.05) is 0 Å². The van der Waals surface area contributed by atoms with E-state index in [0.29, 0.717) is 0 Å². The molecule has 0 aromatic carbocycles. The highest BCUT2D eigenvalue weighted by Crippen LogP contribution is 1.97. The van der Waals surface area contributed by atoms with Crippen LogP contribution in [0.4, 0.5) is 0 Å². The Morgan fingerprint density at radius 3 is 2.56 bits per heavy atom. The third-order valence-corrected chi connectivity index (χ3v) is 1.18. The summed E-state index contributed by atoms with van der Waals surface area (Å²) >= 11 is 0. The molecule has 0 spiro atoms. The molecular formula is C8H16O. The highest BCUT2D eigenvalue weighted by Gasteiger charge is 1.92. The van der Waals surface area contributed by atoms with Crippen LogP contribution in [0.15, 0.2) is 12.2 Å². The zero-order valence-corrected chi connectivity index (χ0v) is 6.30. The van der Waals surface area contributed by atoms with Crippen molar-refractivity contribution >= 4 is 0 Å². The lowest BCUT2D eigenvalue weighted by Gasteiger charge is -1.99. The maximum Gasteiger partial charge on any atom is 0.0720 e. The van der Waals surface area contributed by atoms with Crippen molar-refractivity contribution in [1.29, 1.82) is 0 Å². The second-order valence-electron chi connectivity index (χ2n) is 2.19. The molecule has 0 heterocycles. The van der Waals surface area contributed by atoms with Crippen LogP contribution < -0.4 is 0 Å². The van der Waals surface area contributed by atoms with Crippen LogP contribution in [0.2, 0.25) is 0 Å². The van der Waals surface area contributed by atoms with Crippen molar-refractivity contribution in [3.05, 3.63) is 12.2 Å². The van der Waals surface area contributed by atoms with Crippen LogP contribution in [-0.2, 0) is 0 Å². The second-order valence-corrected chi connectivity index (χ2v) is 2.19. The largest absolute Gasteiger partial charge is 0.389 e. The summed E-state index contributed by atoms with van der Waals surface area (Å²) < 4.78 is 0. The monoisotopic (exact) mass is 128 g/mol. The lowest BCUT2D eigenvalue weighted by atomic mass is 10.2. The topological polar surface area (TPSA) is 20.2 Å². The maximum absolute atomic E-state index is 9.09. The molecule has 0 saturated heterocycles. The summed E-state index contributed by atoms with van der Waals surface area (Å²) in [4.78, 5) is 0. The summed E-state index contributed by atoms with van der Waals surface area (Å²) in [7, 11) is 0. The first-order valence-corrected chi connectivity index (χ1v) is 3.66. The first kappa shape index (κ1) is 8.70. The van der Waals surface area contributed by atoms with Gasteiger partial charge in [-0.15, -0.1) is 0 Å². The fraction of sp³-hybridized carbons (Fsp3) is 0.750. The third kappa shape index (κ3) is 5.57. The summed E-state index contributed by atoms with van der Waals surface area (Å²) in [6, 6.07) is 0. The average Bonchev–Trinajstić information content (AvgIpc) is 1.85. The molecule has 0 fully saturated rings. The zero-order chi connectivity index (χ0) is 7.11. The van der Waals surface area contributed by atoms with E-state index < -0.39 is 0 Å². The molecular weight excluding hydrogens is 112 g/mol. The van der Waals surface area contributed by atoms with E-state index in [0.717, 1.165) is 19.3 Å². The Bertz CT molecular complexity index is 76.6. The minimum absolute atomic E-state index is 0.213. The quantitative estimate of drug-likeness (QED) is 0.575. The van der Waals surface area contributed by atoms with E-state index >= 15 is 0 Å². The van der Waals surface area contributed by atoms with Crippen LogP contribution in [0.3, 0.4) is 0 Å². The van der Waals surface area contributed by atoms with Crippen molar-refractivity contribution in [3.8, 4) is 0 Å². The van der Waals surface area contributed by atoms with Gasteiger partial charge in [0.1, 0.15) is 0 Å². The fourth-order valence-electron chi connectivity index (χ4n) is 0.685. The standard InChI is InChI=1S/C8H16O/c1-3-5-7-8(9)6-4-2/h5,7-9H,3-4,6H2,1-2H3/b7-5-/t8-/m1/s1. The second kappa shape index (κ2) is 5.83. The lowest BCUT2D eigenvalue weighted by Crippen LogP contribution is -1.99. The number of allylic oxidation sites excluding steroid dienone is 1. The molecule has 0 unspecified atom stereocenters. The Balaban J connectivity index is 3.25. The summed E-state index contributed by atoms with van der Waals surface area (Å²) in [5.41, 5.74) is 0. The lowest BCUT2D eigenvalue weighted by molar-refractivity contribution is 0.211. The molecule has 1 atom stereocenters. The molecule has 0 aromatic heterocycles. The van der Waals surface area contributed by atoms with Gasteiger partial charge in [0.2, 0.25) is 0 Å². The minimum Gasteiger partial charge on any atom is -0.389 e. The highest BCUT2D eigenvalue weighted by atomic mass is 16.3. The average molecular weight is 128 g/mol. The van der Waals surface area contributed by atoms with Crippen LogP contribution in [0.5, 0.6) is 0 Å². The fourth-order valence-corrected chi connectivity index (χ4v) is 0.685. The molecule has 0 aliphatic rings. The van der Waals surface area contributed by atoms with Crippen molar-refractivity contribution in [1.82, 2.24) is 0 Å². The summed E-state index contributed by atoms with van der Waals surface area (Å²) in [5, 5.41) is 9.09. The zero-order valence-electron chi connectivity index (χ0n) is 6.30. The Morgan fingerprint density at radius 2 is 2.11 bits per heavy atom. The predicted molar refractivity (Wildman–Crippen MR) is 40.3 cm³/mol. The Labute approximate surface area is 57.4 Å². The number of hydrogen-bond acceptors (Lipinski definition) is 1. The van der Waals surface area contributed by atoms with Crippen LogP contribution in [0.25, 0.3) is 0 Å². The molecule has 0 amide bonds. The number of aliphatic hydroxyl groups excluding tert-OH is 1. The molecule has 0 aliphatic carbocycles. The van der Waals surface area contributed by atoms with Gasteiger partial charge < -0.3 is 5.11 Å². The van der Waals surface area contributed by atoms with E-state index in [2.05, 4.69) is 13.8 Å². The van der Waals surface area contributed by atoms with Crippen molar-refractivity contribution in [2.24, 2.45) is 0 Å². The van der Waals surface area contributed by atoms with Crippen molar-refractivity contribution in [2.45, 2.75) is 39.2 Å². The number of hydrogen-bond donors (Lipinski definition) is 1. The van der Waals surface area contributed by atoms with Crippen LogP contribution >= 0.6 is 0 Å². The van der Waals surface area contributed by atoms with Gasteiger partial charge in [0.15, 0.2) is 0 Å². The smallest absolute Gasteiger partial charge is 0.0720 e. The van der Waals surface area contributed by atoms with E-state index in [4.69, 9.17) is 5.11 Å². The van der Waals surface area contributed by atoms with Gasteiger partial charge >= 0.3 is 0 Å². The Kier molecular flexibility index (Phi) is 5.64. The van der Waals surface area contributed by atoms with Gasteiger partial charge in [-0.1, -0.05) is 32.4 Å². The minimum atomic E-state index is -0.213. The van der Waals surface area contributed by atoms with Crippen LogP contribution in [0.1, 0.15) is 33.1 Å². The highest BCUT2D eigenvalue weighted by molar-refractivity contribution is 4.86. The molecule has 0 aliphatic heterocycles. The van der Waals surface area contributed by atoms with Gasteiger partial charge in [-0.05, 0) is 12.8 Å². The van der Waals surface area contributed by atoms with Gasteiger partial charge in [0.05, 0.1) is 6.10 Å². The molecule has 1 heteroatoms. The third-order valence-electron chi connectivity index (χ3n) is 1.18. The molecule has 1 N–H and O–H groups in total. The SMILES string of the molecule is CC/C=C\[C@H](O)CCC. The normalized spacial score (nSPS) is 14.6. The first-order valence-electron chi connectivity index (χ1n) is 3.66. The summed E-state index contributed by atoms with van der Waals surface area (Å²) in [5.74, 6) is 0. The van der Waals surface area contributed by atoms with Gasteiger partial charge in [0.25, 0.3) is 0 Å². The van der Waals surface area contributed by atoms with Crippen molar-refractivity contribution in [3.63, 3.8) is 0 Å². The summed E-state index contributed by atoms with van der Waals surface area (Å²) in [6.07, 6.45) is 6.60. The van der Waals surface area contributed by atoms with E-state index in [-0.39, 0.29) is 6.10 Å². The van der Waals surface area contributed by atoms with E-state index in [1.807, 2.05) is 12.2 Å².